The van der Waals surface area contributed by atoms with E-state index in [1.807, 2.05) is 0 Å². The van der Waals surface area contributed by atoms with Crippen LogP contribution in [0.25, 0.3) is 0 Å². The summed E-state index contributed by atoms with van der Waals surface area (Å²) in [6.07, 6.45) is -6.90. The molecule has 0 saturated heterocycles. The standard InChI is InChI=1S/C7H5F3N2O3/c8-7(9,10)6(13)5-2-1-4(3-11-5)12(14)15/h1-3,6,13H/t6-/m0/s1. The fraction of sp³-hybridized carbons (Fsp3) is 0.286. The predicted octanol–water partition coefficient (Wildman–Crippen LogP) is 1.59. The fourth-order valence-electron chi connectivity index (χ4n) is 0.835. The van der Waals surface area contributed by atoms with Gasteiger partial charge in [0.25, 0.3) is 5.69 Å². The van der Waals surface area contributed by atoms with Crippen LogP contribution >= 0.6 is 0 Å². The lowest BCUT2D eigenvalue weighted by Gasteiger charge is -2.12. The number of aliphatic hydroxyl groups is 1. The maximum atomic E-state index is 12.0. The first-order chi connectivity index (χ1) is 6.82. The van der Waals surface area contributed by atoms with E-state index in [1.165, 1.54) is 0 Å². The molecule has 0 aliphatic rings. The molecule has 8 heteroatoms. The van der Waals surface area contributed by atoms with Crippen molar-refractivity contribution in [3.63, 3.8) is 0 Å². The van der Waals surface area contributed by atoms with E-state index in [0.717, 1.165) is 12.1 Å². The number of aliphatic hydroxyl groups excluding tert-OH is 1. The molecule has 1 N–H and O–H groups in total. The molecule has 1 rings (SSSR count). The molecule has 1 atom stereocenters. The number of hydrogen-bond donors (Lipinski definition) is 1. The zero-order valence-corrected chi connectivity index (χ0v) is 7.10. The highest BCUT2D eigenvalue weighted by molar-refractivity contribution is 5.27. The van der Waals surface area contributed by atoms with Gasteiger partial charge in [-0.25, -0.2) is 0 Å². The van der Waals surface area contributed by atoms with Crippen LogP contribution in [0, 0.1) is 10.1 Å². The van der Waals surface area contributed by atoms with Gasteiger partial charge in [-0.2, -0.15) is 13.2 Å². The Hall–Kier alpha value is -1.70. The summed E-state index contributed by atoms with van der Waals surface area (Å²) in [5.74, 6) is 0. The van der Waals surface area contributed by atoms with E-state index in [9.17, 15) is 23.3 Å². The van der Waals surface area contributed by atoms with Crippen molar-refractivity contribution in [2.45, 2.75) is 12.3 Å². The molecule has 1 aromatic rings. The van der Waals surface area contributed by atoms with Crippen LogP contribution in [0.4, 0.5) is 18.9 Å². The highest BCUT2D eigenvalue weighted by Crippen LogP contribution is 2.31. The molecule has 0 aliphatic heterocycles. The highest BCUT2D eigenvalue weighted by Gasteiger charge is 2.40. The minimum absolute atomic E-state index is 0.437. The molecule has 15 heavy (non-hydrogen) atoms. The summed E-state index contributed by atoms with van der Waals surface area (Å²) < 4.78 is 35.9. The van der Waals surface area contributed by atoms with Gasteiger partial charge in [-0.3, -0.25) is 15.1 Å². The minimum atomic E-state index is -4.83. The monoisotopic (exact) mass is 222 g/mol. The first-order valence-corrected chi connectivity index (χ1v) is 3.67. The summed E-state index contributed by atoms with van der Waals surface area (Å²) in [7, 11) is 0. The lowest BCUT2D eigenvalue weighted by Crippen LogP contribution is -2.21. The van der Waals surface area contributed by atoms with Crippen molar-refractivity contribution in [1.82, 2.24) is 4.98 Å². The van der Waals surface area contributed by atoms with Crippen LogP contribution in [-0.4, -0.2) is 21.2 Å². The van der Waals surface area contributed by atoms with Crippen LogP contribution in [0.15, 0.2) is 18.3 Å². The molecule has 0 radical (unpaired) electrons. The van der Waals surface area contributed by atoms with Crippen LogP contribution in [0.2, 0.25) is 0 Å². The largest absolute Gasteiger partial charge is 0.420 e. The number of alkyl halides is 3. The van der Waals surface area contributed by atoms with Gasteiger partial charge >= 0.3 is 6.18 Å². The third-order valence-corrected chi connectivity index (χ3v) is 1.57. The number of rotatable bonds is 2. The van der Waals surface area contributed by atoms with Gasteiger partial charge in [0.1, 0.15) is 6.20 Å². The average Bonchev–Trinajstić information content (AvgIpc) is 2.15. The predicted molar refractivity (Wildman–Crippen MR) is 41.9 cm³/mol. The first-order valence-electron chi connectivity index (χ1n) is 3.67. The average molecular weight is 222 g/mol. The van der Waals surface area contributed by atoms with Gasteiger partial charge in [-0.15, -0.1) is 0 Å². The van der Waals surface area contributed by atoms with E-state index in [1.54, 1.807) is 0 Å². The number of nitro groups is 1. The lowest BCUT2D eigenvalue weighted by atomic mass is 10.2. The van der Waals surface area contributed by atoms with Crippen LogP contribution < -0.4 is 0 Å². The molecule has 82 valence electrons. The summed E-state index contributed by atoms with van der Waals surface area (Å²) in [4.78, 5) is 12.5. The summed E-state index contributed by atoms with van der Waals surface area (Å²) in [5, 5.41) is 18.9. The van der Waals surface area contributed by atoms with Gasteiger partial charge in [-0.05, 0) is 6.07 Å². The maximum Gasteiger partial charge on any atom is 0.420 e. The Bertz CT molecular complexity index is 363. The van der Waals surface area contributed by atoms with Crippen molar-refractivity contribution >= 4 is 5.69 Å². The summed E-state index contributed by atoms with van der Waals surface area (Å²) >= 11 is 0. The van der Waals surface area contributed by atoms with Crippen LogP contribution in [0.1, 0.15) is 11.8 Å². The number of halogens is 3. The van der Waals surface area contributed by atoms with Crippen molar-refractivity contribution < 1.29 is 23.2 Å². The van der Waals surface area contributed by atoms with Gasteiger partial charge < -0.3 is 5.11 Å². The molecule has 0 saturated carbocycles. The molecular weight excluding hydrogens is 217 g/mol. The normalized spacial score (nSPS) is 13.6. The van der Waals surface area contributed by atoms with Crippen LogP contribution in [0.3, 0.4) is 0 Å². The zero-order chi connectivity index (χ0) is 11.6. The van der Waals surface area contributed by atoms with E-state index >= 15 is 0 Å². The lowest BCUT2D eigenvalue weighted by molar-refractivity contribution is -0.385. The smallest absolute Gasteiger partial charge is 0.378 e. The van der Waals surface area contributed by atoms with Crippen molar-refractivity contribution in [3.8, 4) is 0 Å². The van der Waals surface area contributed by atoms with Crippen LogP contribution in [0.5, 0.6) is 0 Å². The molecule has 0 amide bonds. The Balaban J connectivity index is 2.94. The van der Waals surface area contributed by atoms with E-state index in [0.29, 0.717) is 6.20 Å². The molecular formula is C7H5F3N2O3. The van der Waals surface area contributed by atoms with E-state index in [-0.39, 0.29) is 0 Å². The summed E-state index contributed by atoms with van der Waals surface area (Å²) in [6.45, 7) is 0. The second kappa shape index (κ2) is 3.81. The molecule has 0 spiro atoms. The Morgan fingerprint density at radius 1 is 1.47 bits per heavy atom. The SMILES string of the molecule is O=[N+]([O-])c1ccc([C@H](O)C(F)(F)F)nc1. The first kappa shape index (κ1) is 11.4. The highest BCUT2D eigenvalue weighted by atomic mass is 19.4. The van der Waals surface area contributed by atoms with Crippen molar-refractivity contribution in [1.29, 1.82) is 0 Å². The molecule has 0 fully saturated rings. The van der Waals surface area contributed by atoms with E-state index < -0.39 is 28.6 Å². The fourth-order valence-corrected chi connectivity index (χ4v) is 0.835. The molecule has 1 heterocycles. The van der Waals surface area contributed by atoms with Gasteiger partial charge in [0, 0.05) is 6.07 Å². The van der Waals surface area contributed by atoms with Gasteiger partial charge in [0.05, 0.1) is 10.6 Å². The number of hydrogen-bond acceptors (Lipinski definition) is 4. The number of aromatic nitrogens is 1. The Morgan fingerprint density at radius 3 is 2.40 bits per heavy atom. The Labute approximate surface area is 81.3 Å². The van der Waals surface area contributed by atoms with Crippen molar-refractivity contribution in [2.24, 2.45) is 0 Å². The van der Waals surface area contributed by atoms with Gasteiger partial charge in [0.2, 0.25) is 0 Å². The van der Waals surface area contributed by atoms with Crippen molar-refractivity contribution in [3.05, 3.63) is 34.1 Å². The molecule has 0 aromatic carbocycles. The van der Waals surface area contributed by atoms with Crippen LogP contribution in [-0.2, 0) is 0 Å². The second-order valence-electron chi connectivity index (χ2n) is 2.64. The molecule has 0 bridgehead atoms. The van der Waals surface area contributed by atoms with E-state index in [4.69, 9.17) is 5.11 Å². The molecule has 0 unspecified atom stereocenters. The molecule has 5 nitrogen and oxygen atoms in total. The third-order valence-electron chi connectivity index (χ3n) is 1.57. The maximum absolute atomic E-state index is 12.0. The van der Waals surface area contributed by atoms with Gasteiger partial charge in [0.15, 0.2) is 6.10 Å². The summed E-state index contributed by atoms with van der Waals surface area (Å²) in [6, 6.07) is 1.60. The number of pyridine rings is 1. The zero-order valence-electron chi connectivity index (χ0n) is 7.10. The van der Waals surface area contributed by atoms with Crippen molar-refractivity contribution in [2.75, 3.05) is 0 Å². The Kier molecular flexibility index (Phi) is 2.89. The quantitative estimate of drug-likeness (QED) is 0.608. The second-order valence-corrected chi connectivity index (χ2v) is 2.64. The minimum Gasteiger partial charge on any atom is -0.378 e. The third kappa shape index (κ3) is 2.62. The Morgan fingerprint density at radius 2 is 2.07 bits per heavy atom. The molecule has 0 aliphatic carbocycles. The van der Waals surface area contributed by atoms with Gasteiger partial charge in [-0.1, -0.05) is 0 Å². The topological polar surface area (TPSA) is 76.3 Å². The summed E-state index contributed by atoms with van der Waals surface area (Å²) in [5.41, 5.74) is -1.11. The molecule has 1 aromatic heterocycles. The van der Waals surface area contributed by atoms with E-state index in [2.05, 4.69) is 4.98 Å². The number of nitrogens with zero attached hydrogens (tertiary/aromatic N) is 2.